The average molecular weight is 235 g/mol. The van der Waals surface area contributed by atoms with E-state index in [1.54, 1.807) is 13.8 Å². The van der Waals surface area contributed by atoms with Crippen molar-refractivity contribution in [2.24, 2.45) is 0 Å². The second-order valence-electron chi connectivity index (χ2n) is 4.04. The third-order valence-corrected chi connectivity index (χ3v) is 4.35. The molecule has 0 spiro atoms. The molecule has 0 aromatic carbocycles. The summed E-state index contributed by atoms with van der Waals surface area (Å²) in [6.07, 6.45) is 1.15. The van der Waals surface area contributed by atoms with Gasteiger partial charge in [-0.25, -0.2) is 13.2 Å². The van der Waals surface area contributed by atoms with E-state index in [-0.39, 0.29) is 18.7 Å². The maximum atomic E-state index is 11.3. The highest BCUT2D eigenvalue weighted by Crippen LogP contribution is 2.13. The second-order valence-corrected chi connectivity index (χ2v) is 6.69. The van der Waals surface area contributed by atoms with Crippen LogP contribution in [0, 0.1) is 0 Å². The molecular formula is C9H17NO4S. The van der Waals surface area contributed by atoms with Crippen LogP contribution in [0.3, 0.4) is 0 Å². The topological polar surface area (TPSA) is 83.5 Å². The summed E-state index contributed by atoms with van der Waals surface area (Å²) in [6.45, 7) is 6.76. The molecule has 0 aliphatic rings. The predicted octanol–water partition coefficient (Wildman–Crippen LogP) is 0.0400. The maximum absolute atomic E-state index is 11.3. The number of carboxylic acids is 1. The van der Waals surface area contributed by atoms with Gasteiger partial charge < -0.3 is 10.4 Å². The minimum absolute atomic E-state index is 0.0132. The number of hydrogen-bond donors (Lipinski definition) is 2. The molecule has 0 aliphatic heterocycles. The first-order valence-electron chi connectivity index (χ1n) is 4.39. The van der Waals surface area contributed by atoms with Crippen LogP contribution in [-0.4, -0.2) is 43.6 Å². The van der Waals surface area contributed by atoms with E-state index in [1.165, 1.54) is 0 Å². The van der Waals surface area contributed by atoms with Gasteiger partial charge in [-0.1, -0.05) is 6.58 Å². The van der Waals surface area contributed by atoms with E-state index < -0.39 is 20.6 Å². The summed E-state index contributed by atoms with van der Waals surface area (Å²) in [7, 11) is -3.16. The van der Waals surface area contributed by atoms with Crippen molar-refractivity contribution in [3.8, 4) is 0 Å². The molecule has 0 rings (SSSR count). The zero-order valence-electron chi connectivity index (χ0n) is 9.20. The van der Waals surface area contributed by atoms with Crippen LogP contribution in [0.5, 0.6) is 0 Å². The van der Waals surface area contributed by atoms with Crippen LogP contribution < -0.4 is 5.32 Å². The lowest BCUT2D eigenvalue weighted by Gasteiger charge is -2.22. The van der Waals surface area contributed by atoms with Crippen molar-refractivity contribution in [2.45, 2.75) is 18.6 Å². The number of sulfone groups is 1. The van der Waals surface area contributed by atoms with E-state index in [1.807, 2.05) is 0 Å². The Morgan fingerprint density at radius 1 is 1.47 bits per heavy atom. The SMILES string of the molecule is C=C(CNCC(C)(C)S(C)(=O)=O)C(=O)O. The largest absolute Gasteiger partial charge is 0.478 e. The Morgan fingerprint density at radius 3 is 2.27 bits per heavy atom. The minimum atomic E-state index is -3.16. The van der Waals surface area contributed by atoms with Gasteiger partial charge in [-0.15, -0.1) is 0 Å². The van der Waals surface area contributed by atoms with Crippen LogP contribution in [0.25, 0.3) is 0 Å². The molecule has 0 heterocycles. The summed E-state index contributed by atoms with van der Waals surface area (Å²) < 4.78 is 21.7. The van der Waals surface area contributed by atoms with Crippen LogP contribution >= 0.6 is 0 Å². The van der Waals surface area contributed by atoms with Crippen molar-refractivity contribution in [2.75, 3.05) is 19.3 Å². The standard InChI is InChI=1S/C9H17NO4S/c1-7(8(11)12)5-10-6-9(2,3)15(4,13)14/h10H,1,5-6H2,2-4H3,(H,11,12). The van der Waals surface area contributed by atoms with Crippen molar-refractivity contribution in [1.82, 2.24) is 5.32 Å². The van der Waals surface area contributed by atoms with Crippen LogP contribution in [0.2, 0.25) is 0 Å². The van der Waals surface area contributed by atoms with Crippen molar-refractivity contribution in [3.05, 3.63) is 12.2 Å². The Hall–Kier alpha value is -0.880. The molecule has 0 aromatic rings. The third kappa shape index (κ3) is 4.44. The van der Waals surface area contributed by atoms with Gasteiger partial charge >= 0.3 is 5.97 Å². The summed E-state index contributed by atoms with van der Waals surface area (Å²) in [4.78, 5) is 10.4. The van der Waals surface area contributed by atoms with Crippen LogP contribution in [-0.2, 0) is 14.6 Å². The van der Waals surface area contributed by atoms with E-state index in [2.05, 4.69) is 11.9 Å². The van der Waals surface area contributed by atoms with Gasteiger partial charge in [0, 0.05) is 24.9 Å². The summed E-state index contributed by atoms with van der Waals surface area (Å²) in [5.74, 6) is -1.08. The fraction of sp³-hybridized carbons (Fsp3) is 0.667. The molecule has 0 atom stereocenters. The van der Waals surface area contributed by atoms with Gasteiger partial charge in [0.25, 0.3) is 0 Å². The predicted molar refractivity (Wildman–Crippen MR) is 58.6 cm³/mol. The molecule has 0 amide bonds. The molecular weight excluding hydrogens is 218 g/mol. The molecule has 15 heavy (non-hydrogen) atoms. The lowest BCUT2D eigenvalue weighted by atomic mass is 10.2. The first-order valence-corrected chi connectivity index (χ1v) is 6.28. The van der Waals surface area contributed by atoms with E-state index in [0.29, 0.717) is 0 Å². The fourth-order valence-electron chi connectivity index (χ4n) is 0.721. The molecule has 0 radical (unpaired) electrons. The number of aliphatic carboxylic acids is 1. The number of carbonyl (C=O) groups is 1. The quantitative estimate of drug-likeness (QED) is 0.635. The lowest BCUT2D eigenvalue weighted by molar-refractivity contribution is -0.132. The third-order valence-electron chi connectivity index (χ3n) is 2.20. The molecule has 88 valence electrons. The summed E-state index contributed by atoms with van der Waals surface area (Å²) in [5, 5.41) is 11.3. The molecule has 0 unspecified atom stereocenters. The molecule has 5 nitrogen and oxygen atoms in total. The number of carboxylic acid groups (broad SMARTS) is 1. The molecule has 0 fully saturated rings. The second kappa shape index (κ2) is 4.76. The van der Waals surface area contributed by atoms with E-state index >= 15 is 0 Å². The van der Waals surface area contributed by atoms with Gasteiger partial charge in [0.1, 0.15) is 0 Å². The van der Waals surface area contributed by atoms with Crippen molar-refractivity contribution in [3.63, 3.8) is 0 Å². The number of hydrogen-bond acceptors (Lipinski definition) is 4. The summed E-state index contributed by atoms with van der Waals surface area (Å²) in [5.41, 5.74) is 0.0132. The first-order chi connectivity index (χ1) is 6.58. The Balaban J connectivity index is 4.19. The zero-order valence-corrected chi connectivity index (χ0v) is 10.0. The summed E-state index contributed by atoms with van der Waals surface area (Å²) in [6, 6.07) is 0. The molecule has 6 heteroatoms. The summed E-state index contributed by atoms with van der Waals surface area (Å²) >= 11 is 0. The van der Waals surface area contributed by atoms with E-state index in [9.17, 15) is 13.2 Å². The van der Waals surface area contributed by atoms with Crippen LogP contribution in [0.4, 0.5) is 0 Å². The Morgan fingerprint density at radius 2 is 1.93 bits per heavy atom. The molecule has 0 aliphatic carbocycles. The van der Waals surface area contributed by atoms with Crippen molar-refractivity contribution < 1.29 is 18.3 Å². The van der Waals surface area contributed by atoms with Gasteiger partial charge in [0.05, 0.1) is 4.75 Å². The normalized spacial score (nSPS) is 12.5. The Bertz CT molecular complexity index is 356. The molecule has 0 saturated heterocycles. The Labute approximate surface area is 90.1 Å². The fourth-order valence-corrected chi connectivity index (χ4v) is 1.09. The highest BCUT2D eigenvalue weighted by Gasteiger charge is 2.29. The van der Waals surface area contributed by atoms with Crippen molar-refractivity contribution >= 4 is 15.8 Å². The monoisotopic (exact) mass is 235 g/mol. The number of nitrogens with one attached hydrogen (secondary N) is 1. The van der Waals surface area contributed by atoms with Gasteiger partial charge in [-0.2, -0.15) is 0 Å². The van der Waals surface area contributed by atoms with Gasteiger partial charge in [-0.05, 0) is 13.8 Å². The molecule has 2 N–H and O–H groups in total. The molecule has 0 bridgehead atoms. The first kappa shape index (κ1) is 14.1. The minimum Gasteiger partial charge on any atom is -0.478 e. The average Bonchev–Trinajstić information content (AvgIpc) is 2.01. The van der Waals surface area contributed by atoms with E-state index in [4.69, 9.17) is 5.11 Å². The lowest BCUT2D eigenvalue weighted by Crippen LogP contribution is -2.42. The van der Waals surface area contributed by atoms with Crippen LogP contribution in [0.1, 0.15) is 13.8 Å². The van der Waals surface area contributed by atoms with E-state index in [0.717, 1.165) is 6.26 Å². The Kier molecular flexibility index (Phi) is 4.48. The highest BCUT2D eigenvalue weighted by atomic mass is 32.2. The smallest absolute Gasteiger partial charge is 0.332 e. The zero-order chi connectivity index (χ0) is 12.3. The molecule has 0 aromatic heterocycles. The van der Waals surface area contributed by atoms with Crippen molar-refractivity contribution in [1.29, 1.82) is 0 Å². The van der Waals surface area contributed by atoms with Crippen LogP contribution in [0.15, 0.2) is 12.2 Å². The van der Waals surface area contributed by atoms with Gasteiger partial charge in [-0.3, -0.25) is 0 Å². The molecule has 0 saturated carbocycles. The number of rotatable bonds is 6. The highest BCUT2D eigenvalue weighted by molar-refractivity contribution is 7.92. The van der Waals surface area contributed by atoms with Gasteiger partial charge in [0.2, 0.25) is 0 Å². The van der Waals surface area contributed by atoms with Gasteiger partial charge in [0.15, 0.2) is 9.84 Å². The maximum Gasteiger partial charge on any atom is 0.332 e.